The van der Waals surface area contributed by atoms with E-state index >= 15 is 0 Å². The van der Waals surface area contributed by atoms with Gasteiger partial charge in [-0.25, -0.2) is 4.99 Å². The molecule has 0 saturated heterocycles. The molecule has 0 spiro atoms. The second kappa shape index (κ2) is 10.7. The molecule has 0 bridgehead atoms. The number of halogens is 1. The molecular formula is C17H21ClN2O2. The number of aliphatic imine (C=N–C) groups is 1. The van der Waals surface area contributed by atoms with Crippen LogP contribution in [0, 0.1) is 0 Å². The number of nitrogens with two attached hydrogens (primary N) is 1. The van der Waals surface area contributed by atoms with Gasteiger partial charge in [-0.2, -0.15) is 0 Å². The molecule has 118 valence electrons. The van der Waals surface area contributed by atoms with E-state index in [1.165, 1.54) is 0 Å². The first kappa shape index (κ1) is 18.0. The topological polar surface area (TPSA) is 67.8 Å². The Labute approximate surface area is 136 Å². The number of rotatable bonds is 6. The second-order valence-corrected chi connectivity index (χ2v) is 4.56. The Kier molecular flexibility index (Phi) is 8.72. The molecule has 22 heavy (non-hydrogen) atoms. The first-order valence-electron chi connectivity index (χ1n) is 7.09. The third-order valence-corrected chi connectivity index (χ3v) is 2.92. The Morgan fingerprint density at radius 3 is 2.32 bits per heavy atom. The molecule has 4 nitrogen and oxygen atoms in total. The maximum absolute atomic E-state index is 6.47. The Hall–Kier alpha value is -2.04. The molecule has 2 aromatic carbocycles. The third-order valence-electron chi connectivity index (χ3n) is 2.92. The van der Waals surface area contributed by atoms with Crippen molar-refractivity contribution >= 4 is 23.4 Å². The van der Waals surface area contributed by atoms with Gasteiger partial charge >= 0.3 is 0 Å². The number of amidine groups is 1. The first-order chi connectivity index (χ1) is 10.8. The summed E-state index contributed by atoms with van der Waals surface area (Å²) < 4.78 is 12.1. The molecule has 0 heterocycles. The maximum atomic E-state index is 6.47. The van der Waals surface area contributed by atoms with Crippen LogP contribution in [-0.2, 0) is 0 Å². The van der Waals surface area contributed by atoms with Crippen molar-refractivity contribution in [2.24, 2.45) is 10.7 Å². The van der Waals surface area contributed by atoms with Crippen LogP contribution in [0.5, 0.6) is 5.75 Å². The zero-order chi connectivity index (χ0) is 16.2. The quantitative estimate of drug-likeness (QED) is 0.479. The number of hydrogen-bond donors (Lipinski definition) is 2. The minimum Gasteiger partial charge on any atom is -0.494 e. The van der Waals surface area contributed by atoms with E-state index in [1.54, 1.807) is 0 Å². The van der Waals surface area contributed by atoms with Gasteiger partial charge in [0.1, 0.15) is 11.6 Å². The average Bonchev–Trinajstić information content (AvgIpc) is 2.58. The Morgan fingerprint density at radius 2 is 1.73 bits per heavy atom. The van der Waals surface area contributed by atoms with Crippen molar-refractivity contribution < 1.29 is 9.40 Å². The summed E-state index contributed by atoms with van der Waals surface area (Å²) in [6.07, 6.45) is 2.20. The molecule has 0 fully saturated rings. The van der Waals surface area contributed by atoms with Crippen LogP contribution >= 0.6 is 11.9 Å². The van der Waals surface area contributed by atoms with Gasteiger partial charge < -0.3 is 10.5 Å². The lowest BCUT2D eigenvalue weighted by Crippen LogP contribution is -2.12. The maximum Gasteiger partial charge on any atom is 0.131 e. The van der Waals surface area contributed by atoms with Crippen LogP contribution in [-0.4, -0.2) is 17.1 Å². The van der Waals surface area contributed by atoms with Crippen LogP contribution in [0.1, 0.15) is 25.3 Å². The largest absolute Gasteiger partial charge is 0.494 e. The summed E-state index contributed by atoms with van der Waals surface area (Å²) in [5.41, 5.74) is 7.76. The molecule has 0 aromatic heterocycles. The normalized spacial score (nSPS) is 10.6. The lowest BCUT2D eigenvalue weighted by molar-refractivity contribution is 0.309. The van der Waals surface area contributed by atoms with Crippen molar-refractivity contribution in [3.63, 3.8) is 0 Å². The van der Waals surface area contributed by atoms with Crippen LogP contribution in [0.4, 0.5) is 5.69 Å². The molecule has 0 radical (unpaired) electrons. The Balaban J connectivity index is 0.00000116. The fraction of sp³-hybridized carbons (Fsp3) is 0.235. The van der Waals surface area contributed by atoms with Crippen LogP contribution in [0.25, 0.3) is 0 Å². The van der Waals surface area contributed by atoms with Gasteiger partial charge in [0.05, 0.1) is 24.2 Å². The highest BCUT2D eigenvalue weighted by atomic mass is 35.5. The van der Waals surface area contributed by atoms with Crippen LogP contribution in [0.3, 0.4) is 0 Å². The molecule has 0 saturated carbocycles. The summed E-state index contributed by atoms with van der Waals surface area (Å²) in [6.45, 7) is 2.90. The van der Waals surface area contributed by atoms with Crippen LogP contribution in [0.15, 0.2) is 59.6 Å². The number of ether oxygens (including phenoxy) is 1. The number of nitrogens with zero attached hydrogens (tertiary/aromatic N) is 1. The molecular weight excluding hydrogens is 300 g/mol. The van der Waals surface area contributed by atoms with Gasteiger partial charge in [-0.3, -0.25) is 4.66 Å². The molecule has 0 aliphatic heterocycles. The van der Waals surface area contributed by atoms with E-state index < -0.39 is 0 Å². The van der Waals surface area contributed by atoms with Crippen molar-refractivity contribution in [3.8, 4) is 5.75 Å². The monoisotopic (exact) mass is 320 g/mol. The number of benzene rings is 2. The average molecular weight is 321 g/mol. The van der Waals surface area contributed by atoms with Crippen LogP contribution in [0.2, 0.25) is 0 Å². The van der Waals surface area contributed by atoms with E-state index in [0.29, 0.717) is 5.84 Å². The minimum atomic E-state index is 0.510. The van der Waals surface area contributed by atoms with Crippen molar-refractivity contribution in [2.75, 3.05) is 6.61 Å². The van der Waals surface area contributed by atoms with Crippen molar-refractivity contribution in [3.05, 3.63) is 60.2 Å². The highest BCUT2D eigenvalue weighted by molar-refractivity contribution is 6.04. The van der Waals surface area contributed by atoms with Gasteiger partial charge in [-0.15, -0.1) is 0 Å². The summed E-state index contributed by atoms with van der Waals surface area (Å²) in [5, 5.41) is 0. The fourth-order valence-electron chi connectivity index (χ4n) is 1.76. The van der Waals surface area contributed by atoms with Gasteiger partial charge in [-0.05, 0) is 42.8 Å². The molecule has 0 unspecified atom stereocenters. The van der Waals surface area contributed by atoms with Gasteiger partial charge in [0.25, 0.3) is 0 Å². The SMILES string of the molecule is CCCCOc1ccc(C(N)=Nc2ccccc2)cc1.OCl. The summed E-state index contributed by atoms with van der Waals surface area (Å²) in [5.74, 6) is 1.38. The van der Waals surface area contributed by atoms with E-state index in [9.17, 15) is 0 Å². The van der Waals surface area contributed by atoms with E-state index in [-0.39, 0.29) is 0 Å². The molecule has 2 aromatic rings. The predicted molar refractivity (Wildman–Crippen MR) is 91.7 cm³/mol. The first-order valence-corrected chi connectivity index (χ1v) is 7.42. The van der Waals surface area contributed by atoms with Crippen molar-refractivity contribution in [1.29, 1.82) is 0 Å². The number of para-hydroxylation sites is 1. The molecule has 2 rings (SSSR count). The molecule has 3 N–H and O–H groups in total. The molecule has 0 aliphatic rings. The van der Waals surface area contributed by atoms with E-state index in [1.807, 2.05) is 54.6 Å². The van der Waals surface area contributed by atoms with Gasteiger partial charge in [0.15, 0.2) is 0 Å². The Morgan fingerprint density at radius 1 is 1.09 bits per heavy atom. The highest BCUT2D eigenvalue weighted by Crippen LogP contribution is 2.15. The van der Waals surface area contributed by atoms with Gasteiger partial charge in [0.2, 0.25) is 0 Å². The molecule has 0 atom stereocenters. The standard InChI is InChI=1S/C17H20N2O.ClHO/c1-2-3-13-20-16-11-9-14(10-12-16)17(18)19-15-7-5-4-6-8-15;1-2/h4-12H,2-3,13H2,1H3,(H2,18,19);2H. The third kappa shape index (κ3) is 6.16. The summed E-state index contributed by atoms with van der Waals surface area (Å²) in [4.78, 5) is 4.39. The molecule has 0 aliphatic carbocycles. The van der Waals surface area contributed by atoms with Crippen molar-refractivity contribution in [2.45, 2.75) is 19.8 Å². The summed E-state index contributed by atoms with van der Waals surface area (Å²) in [6, 6.07) is 17.4. The lowest BCUT2D eigenvalue weighted by Gasteiger charge is -2.06. The lowest BCUT2D eigenvalue weighted by atomic mass is 10.2. The molecule has 5 heteroatoms. The highest BCUT2D eigenvalue weighted by Gasteiger charge is 2.00. The minimum absolute atomic E-state index is 0.510. The smallest absolute Gasteiger partial charge is 0.131 e. The number of unbranched alkanes of at least 4 members (excludes halogenated alkanes) is 1. The number of hydrogen-bond acceptors (Lipinski definition) is 3. The zero-order valence-corrected chi connectivity index (χ0v) is 13.3. The Bertz CT molecular complexity index is 557. The van der Waals surface area contributed by atoms with E-state index in [0.717, 1.165) is 36.4 Å². The van der Waals surface area contributed by atoms with E-state index in [2.05, 4.69) is 23.8 Å². The summed E-state index contributed by atoms with van der Waals surface area (Å²) in [7, 11) is 0. The fourth-order valence-corrected chi connectivity index (χ4v) is 1.76. The van der Waals surface area contributed by atoms with Gasteiger partial charge in [-0.1, -0.05) is 31.5 Å². The van der Waals surface area contributed by atoms with E-state index in [4.69, 9.17) is 15.1 Å². The summed E-state index contributed by atoms with van der Waals surface area (Å²) >= 11 is 3.64. The predicted octanol–water partition coefficient (Wildman–Crippen LogP) is 4.04. The van der Waals surface area contributed by atoms with Crippen molar-refractivity contribution in [1.82, 2.24) is 0 Å². The van der Waals surface area contributed by atoms with Crippen LogP contribution < -0.4 is 10.5 Å². The van der Waals surface area contributed by atoms with Gasteiger partial charge in [0, 0.05) is 5.56 Å². The zero-order valence-electron chi connectivity index (χ0n) is 12.6. The molecule has 0 amide bonds. The second-order valence-electron chi connectivity index (χ2n) is 4.56.